The summed E-state index contributed by atoms with van der Waals surface area (Å²) < 4.78 is 0. The van der Waals surface area contributed by atoms with E-state index in [0.29, 0.717) is 10.3 Å². The smallest absolute Gasteiger partial charge is 0.226 e. The number of carbonyl (C=O) groups is 2. The molecule has 0 aliphatic carbocycles. The molecule has 0 radical (unpaired) electrons. The molecule has 0 saturated heterocycles. The third-order valence-electron chi connectivity index (χ3n) is 2.31. The zero-order valence-electron chi connectivity index (χ0n) is 11.1. The molecule has 0 bridgehead atoms. The van der Waals surface area contributed by atoms with Gasteiger partial charge in [0.05, 0.1) is 11.4 Å². The fraction of sp³-hybridized carbons (Fsp3) is 0.333. The highest BCUT2D eigenvalue weighted by atomic mass is 32.1. The van der Waals surface area contributed by atoms with Gasteiger partial charge in [0, 0.05) is 23.6 Å². The van der Waals surface area contributed by atoms with E-state index in [2.05, 4.69) is 20.6 Å². The van der Waals surface area contributed by atoms with Gasteiger partial charge in [-0.25, -0.2) is 9.97 Å². The predicted molar refractivity (Wildman–Crippen MR) is 80.2 cm³/mol. The van der Waals surface area contributed by atoms with E-state index in [-0.39, 0.29) is 24.7 Å². The topological polar surface area (TPSA) is 84.0 Å². The van der Waals surface area contributed by atoms with Gasteiger partial charge in [0.1, 0.15) is 0 Å². The van der Waals surface area contributed by atoms with Gasteiger partial charge in [-0.1, -0.05) is 0 Å². The van der Waals surface area contributed by atoms with Crippen LogP contribution in [0.3, 0.4) is 0 Å². The molecule has 0 spiro atoms. The van der Waals surface area contributed by atoms with Gasteiger partial charge in [0.2, 0.25) is 11.8 Å². The summed E-state index contributed by atoms with van der Waals surface area (Å²) in [7, 11) is 0. The molecule has 0 aromatic carbocycles. The van der Waals surface area contributed by atoms with E-state index in [1.165, 1.54) is 22.7 Å². The Kier molecular flexibility index (Phi) is 4.80. The molecule has 2 heterocycles. The van der Waals surface area contributed by atoms with Crippen LogP contribution in [0.1, 0.15) is 24.2 Å². The van der Waals surface area contributed by atoms with E-state index in [0.717, 1.165) is 11.4 Å². The number of carbonyl (C=O) groups excluding carboxylic acids is 2. The van der Waals surface area contributed by atoms with Crippen molar-refractivity contribution in [2.45, 2.75) is 26.7 Å². The summed E-state index contributed by atoms with van der Waals surface area (Å²) >= 11 is 2.73. The van der Waals surface area contributed by atoms with Crippen molar-refractivity contribution in [2.24, 2.45) is 0 Å². The van der Waals surface area contributed by atoms with Crippen molar-refractivity contribution in [3.05, 3.63) is 22.1 Å². The van der Waals surface area contributed by atoms with Gasteiger partial charge >= 0.3 is 0 Å². The monoisotopic (exact) mass is 310 g/mol. The highest BCUT2D eigenvalue weighted by molar-refractivity contribution is 7.14. The Morgan fingerprint density at radius 1 is 0.950 bits per heavy atom. The first-order valence-corrected chi connectivity index (χ1v) is 7.73. The third kappa shape index (κ3) is 4.39. The molecule has 6 nitrogen and oxygen atoms in total. The van der Waals surface area contributed by atoms with Crippen molar-refractivity contribution in [2.75, 3.05) is 10.6 Å². The molecule has 0 fully saturated rings. The van der Waals surface area contributed by atoms with Crippen LogP contribution in [0.5, 0.6) is 0 Å². The molecular formula is C12H14N4O2S2. The van der Waals surface area contributed by atoms with Crippen LogP contribution in [0.25, 0.3) is 0 Å². The number of nitrogens with one attached hydrogen (secondary N) is 2. The molecule has 0 unspecified atom stereocenters. The predicted octanol–water partition coefficient (Wildman–Crippen LogP) is 2.57. The summed E-state index contributed by atoms with van der Waals surface area (Å²) in [6, 6.07) is 0. The fourth-order valence-electron chi connectivity index (χ4n) is 1.41. The van der Waals surface area contributed by atoms with Crippen LogP contribution in [0.15, 0.2) is 10.8 Å². The highest BCUT2D eigenvalue weighted by Gasteiger charge is 2.10. The van der Waals surface area contributed by atoms with Crippen LogP contribution in [-0.2, 0) is 9.59 Å². The second-order valence-corrected chi connectivity index (χ2v) is 5.90. The minimum Gasteiger partial charge on any atom is -0.302 e. The number of aryl methyl sites for hydroxylation is 2. The summed E-state index contributed by atoms with van der Waals surface area (Å²) in [5.74, 6) is -0.436. The lowest BCUT2D eigenvalue weighted by molar-refractivity contribution is -0.121. The van der Waals surface area contributed by atoms with Crippen LogP contribution in [-0.4, -0.2) is 21.8 Å². The van der Waals surface area contributed by atoms with Gasteiger partial charge in [-0.3, -0.25) is 9.59 Å². The lowest BCUT2D eigenvalue weighted by atomic mass is 10.3. The molecule has 2 N–H and O–H groups in total. The van der Waals surface area contributed by atoms with Gasteiger partial charge < -0.3 is 10.6 Å². The number of amides is 2. The third-order valence-corrected chi connectivity index (χ3v) is 4.06. The highest BCUT2D eigenvalue weighted by Crippen LogP contribution is 2.16. The number of nitrogens with zero attached hydrogens (tertiary/aromatic N) is 2. The number of hydrogen-bond acceptors (Lipinski definition) is 6. The summed E-state index contributed by atoms with van der Waals surface area (Å²) in [6.45, 7) is 3.71. The second-order valence-electron chi connectivity index (χ2n) is 4.18. The van der Waals surface area contributed by atoms with Gasteiger partial charge in [-0.2, -0.15) is 0 Å². The van der Waals surface area contributed by atoms with Crippen molar-refractivity contribution >= 4 is 44.8 Å². The lowest BCUT2D eigenvalue weighted by Gasteiger charge is -2.02. The number of thiazole rings is 2. The minimum atomic E-state index is -0.218. The summed E-state index contributed by atoms with van der Waals surface area (Å²) in [5.41, 5.74) is 1.73. The Bertz CT molecular complexity index is 566. The van der Waals surface area contributed by atoms with E-state index in [1.807, 2.05) is 24.6 Å². The Labute approximate surface area is 124 Å². The lowest BCUT2D eigenvalue weighted by Crippen LogP contribution is -2.17. The maximum absolute atomic E-state index is 11.6. The minimum absolute atomic E-state index is 0.120. The molecule has 0 aliphatic rings. The first kappa shape index (κ1) is 14.6. The average Bonchev–Trinajstić information content (AvgIpc) is 2.96. The standard InChI is InChI=1S/C12H14N4O2S2/c1-7-5-19-11(13-7)15-9(17)3-4-10(18)16-12-14-8(2)6-20-12/h5-6H,3-4H2,1-2H3,(H,13,15,17)(H,14,16,18). The Hall–Kier alpha value is -1.80. The average molecular weight is 310 g/mol. The van der Waals surface area contributed by atoms with Crippen molar-refractivity contribution in [3.8, 4) is 0 Å². The van der Waals surface area contributed by atoms with Crippen LogP contribution >= 0.6 is 22.7 Å². The maximum atomic E-state index is 11.6. The maximum Gasteiger partial charge on any atom is 0.226 e. The van der Waals surface area contributed by atoms with Crippen molar-refractivity contribution in [3.63, 3.8) is 0 Å². The van der Waals surface area contributed by atoms with Gasteiger partial charge in [-0.05, 0) is 13.8 Å². The van der Waals surface area contributed by atoms with Crippen LogP contribution in [0.2, 0.25) is 0 Å². The van der Waals surface area contributed by atoms with Crippen molar-refractivity contribution in [1.29, 1.82) is 0 Å². The van der Waals surface area contributed by atoms with Crippen molar-refractivity contribution < 1.29 is 9.59 Å². The molecule has 106 valence electrons. The SMILES string of the molecule is Cc1csc(NC(=O)CCC(=O)Nc2nc(C)cs2)n1. The molecule has 2 rings (SSSR count). The quantitative estimate of drug-likeness (QED) is 0.889. The zero-order chi connectivity index (χ0) is 14.5. The molecule has 2 aromatic rings. The molecule has 8 heteroatoms. The van der Waals surface area contributed by atoms with E-state index >= 15 is 0 Å². The Balaban J connectivity index is 1.74. The van der Waals surface area contributed by atoms with E-state index in [9.17, 15) is 9.59 Å². The summed E-state index contributed by atoms with van der Waals surface area (Å²) in [5, 5.41) is 10.1. The largest absolute Gasteiger partial charge is 0.302 e. The number of hydrogen-bond donors (Lipinski definition) is 2. The fourth-order valence-corrected chi connectivity index (χ4v) is 2.82. The molecule has 0 saturated carbocycles. The Morgan fingerprint density at radius 3 is 1.65 bits per heavy atom. The summed E-state index contributed by atoms with van der Waals surface area (Å²) in [4.78, 5) is 31.5. The van der Waals surface area contributed by atoms with E-state index in [1.54, 1.807) is 0 Å². The van der Waals surface area contributed by atoms with E-state index < -0.39 is 0 Å². The molecular weight excluding hydrogens is 296 g/mol. The van der Waals surface area contributed by atoms with Crippen LogP contribution in [0, 0.1) is 13.8 Å². The second kappa shape index (κ2) is 6.58. The molecule has 0 atom stereocenters. The first-order valence-electron chi connectivity index (χ1n) is 5.97. The number of rotatable bonds is 5. The summed E-state index contributed by atoms with van der Waals surface area (Å²) in [6.07, 6.45) is 0.240. The molecule has 2 amide bonds. The van der Waals surface area contributed by atoms with Gasteiger partial charge in [0.15, 0.2) is 10.3 Å². The van der Waals surface area contributed by atoms with Crippen LogP contribution < -0.4 is 10.6 Å². The van der Waals surface area contributed by atoms with E-state index in [4.69, 9.17) is 0 Å². The first-order chi connectivity index (χ1) is 9.52. The zero-order valence-corrected chi connectivity index (χ0v) is 12.7. The number of anilines is 2. The normalized spacial score (nSPS) is 10.3. The Morgan fingerprint density at radius 2 is 1.35 bits per heavy atom. The molecule has 20 heavy (non-hydrogen) atoms. The van der Waals surface area contributed by atoms with Crippen LogP contribution in [0.4, 0.5) is 10.3 Å². The number of aromatic nitrogens is 2. The van der Waals surface area contributed by atoms with Crippen molar-refractivity contribution in [1.82, 2.24) is 9.97 Å². The van der Waals surface area contributed by atoms with Gasteiger partial charge in [0.25, 0.3) is 0 Å². The molecule has 2 aromatic heterocycles. The molecule has 0 aliphatic heterocycles. The van der Waals surface area contributed by atoms with Gasteiger partial charge in [-0.15, -0.1) is 22.7 Å².